The molecule has 7 nitrogen and oxygen atoms in total. The van der Waals surface area contributed by atoms with Crippen molar-refractivity contribution in [1.29, 1.82) is 0 Å². The first-order valence-electron chi connectivity index (χ1n) is 7.47. The summed E-state index contributed by atoms with van der Waals surface area (Å²) in [4.78, 5) is 24.3. The molecule has 122 valence electrons. The molecule has 3 aromatic rings. The standard InChI is InChI=1S/C17H16N4O3/c1-12(18-17(23)24-11-13-7-3-2-4-8-13)16(22)21-15-10-6-5-9-14(15)19-20-21/h2-10,12H,11H2,1H3,(H,18,23). The average Bonchev–Trinajstić information content (AvgIpc) is 3.04. The second kappa shape index (κ2) is 6.91. The number of hydrogen-bond acceptors (Lipinski definition) is 5. The Morgan fingerprint density at radius 1 is 1.12 bits per heavy atom. The summed E-state index contributed by atoms with van der Waals surface area (Å²) in [5.74, 6) is -0.389. The van der Waals surface area contributed by atoms with Crippen LogP contribution in [0.2, 0.25) is 0 Å². The van der Waals surface area contributed by atoms with E-state index in [0.29, 0.717) is 11.0 Å². The summed E-state index contributed by atoms with van der Waals surface area (Å²) in [5.41, 5.74) is 2.08. The van der Waals surface area contributed by atoms with E-state index in [-0.39, 0.29) is 12.5 Å². The lowest BCUT2D eigenvalue weighted by Crippen LogP contribution is -2.41. The smallest absolute Gasteiger partial charge is 0.408 e. The molecule has 2 aromatic carbocycles. The van der Waals surface area contributed by atoms with Gasteiger partial charge in [0.1, 0.15) is 18.2 Å². The Bertz CT molecular complexity index is 860. The first-order chi connectivity index (χ1) is 11.6. The number of alkyl carbamates (subject to hydrolysis) is 1. The van der Waals surface area contributed by atoms with Crippen LogP contribution < -0.4 is 5.32 Å². The minimum absolute atomic E-state index is 0.139. The number of nitrogens with one attached hydrogen (secondary N) is 1. The summed E-state index contributed by atoms with van der Waals surface area (Å²) in [6.07, 6.45) is -0.663. The average molecular weight is 324 g/mol. The number of nitrogens with zero attached hydrogens (tertiary/aromatic N) is 3. The Morgan fingerprint density at radius 2 is 1.83 bits per heavy atom. The van der Waals surface area contributed by atoms with Crippen molar-refractivity contribution in [2.45, 2.75) is 19.6 Å². The highest BCUT2D eigenvalue weighted by molar-refractivity contribution is 5.93. The number of rotatable bonds is 4. The van der Waals surface area contributed by atoms with Crippen molar-refractivity contribution in [3.05, 3.63) is 60.2 Å². The molecule has 1 amide bonds. The van der Waals surface area contributed by atoms with E-state index < -0.39 is 12.1 Å². The van der Waals surface area contributed by atoms with Crippen LogP contribution in [0, 0.1) is 0 Å². The molecule has 0 aliphatic carbocycles. The molecule has 3 rings (SSSR count). The number of aromatic nitrogens is 3. The maximum absolute atomic E-state index is 12.4. The fraction of sp³-hybridized carbons (Fsp3) is 0.176. The molecule has 1 atom stereocenters. The molecule has 1 aromatic heterocycles. The number of amides is 1. The van der Waals surface area contributed by atoms with E-state index in [0.717, 1.165) is 5.56 Å². The van der Waals surface area contributed by atoms with E-state index in [2.05, 4.69) is 15.6 Å². The molecule has 7 heteroatoms. The Hall–Kier alpha value is -3.22. The summed E-state index contributed by atoms with van der Waals surface area (Å²) in [6.45, 7) is 1.71. The van der Waals surface area contributed by atoms with Gasteiger partial charge in [0, 0.05) is 0 Å². The van der Waals surface area contributed by atoms with E-state index >= 15 is 0 Å². The van der Waals surface area contributed by atoms with Crippen molar-refractivity contribution in [2.75, 3.05) is 0 Å². The van der Waals surface area contributed by atoms with Gasteiger partial charge in [-0.2, -0.15) is 4.68 Å². The van der Waals surface area contributed by atoms with Crippen LogP contribution in [0.3, 0.4) is 0 Å². The Kier molecular flexibility index (Phi) is 4.51. The number of para-hydroxylation sites is 1. The zero-order valence-corrected chi connectivity index (χ0v) is 13.0. The molecule has 0 bridgehead atoms. The van der Waals surface area contributed by atoms with Crippen molar-refractivity contribution in [1.82, 2.24) is 20.3 Å². The van der Waals surface area contributed by atoms with Crippen molar-refractivity contribution < 1.29 is 14.3 Å². The molecule has 1 unspecified atom stereocenters. The van der Waals surface area contributed by atoms with Gasteiger partial charge < -0.3 is 10.1 Å². The highest BCUT2D eigenvalue weighted by Gasteiger charge is 2.21. The van der Waals surface area contributed by atoms with Gasteiger partial charge in [0.25, 0.3) is 5.91 Å². The molecule has 0 aliphatic heterocycles. The van der Waals surface area contributed by atoms with Gasteiger partial charge in [-0.3, -0.25) is 4.79 Å². The minimum atomic E-state index is -0.793. The van der Waals surface area contributed by atoms with Crippen molar-refractivity contribution in [3.8, 4) is 0 Å². The van der Waals surface area contributed by atoms with Crippen LogP contribution >= 0.6 is 0 Å². The number of hydrogen-bond donors (Lipinski definition) is 1. The number of ether oxygens (including phenoxy) is 1. The Labute approximate surface area is 138 Å². The van der Waals surface area contributed by atoms with Gasteiger partial charge in [-0.15, -0.1) is 5.10 Å². The summed E-state index contributed by atoms with van der Waals surface area (Å²) in [7, 11) is 0. The fourth-order valence-corrected chi connectivity index (χ4v) is 2.22. The molecule has 0 saturated carbocycles. The molecule has 0 radical (unpaired) electrons. The molecule has 24 heavy (non-hydrogen) atoms. The van der Waals surface area contributed by atoms with Gasteiger partial charge in [0.15, 0.2) is 0 Å². The van der Waals surface area contributed by atoms with Crippen LogP contribution in [0.4, 0.5) is 4.79 Å². The third-order valence-electron chi connectivity index (χ3n) is 3.48. The lowest BCUT2D eigenvalue weighted by Gasteiger charge is -2.13. The molecule has 1 N–H and O–H groups in total. The highest BCUT2D eigenvalue weighted by atomic mass is 16.5. The van der Waals surface area contributed by atoms with Gasteiger partial charge in [-0.05, 0) is 24.6 Å². The Morgan fingerprint density at radius 3 is 2.62 bits per heavy atom. The summed E-state index contributed by atoms with van der Waals surface area (Å²) < 4.78 is 6.28. The lowest BCUT2D eigenvalue weighted by atomic mass is 10.2. The van der Waals surface area contributed by atoms with Crippen LogP contribution in [0.25, 0.3) is 11.0 Å². The van der Waals surface area contributed by atoms with Crippen LogP contribution in [0.1, 0.15) is 17.3 Å². The third kappa shape index (κ3) is 3.40. The zero-order valence-electron chi connectivity index (χ0n) is 13.0. The van der Waals surface area contributed by atoms with Crippen molar-refractivity contribution in [2.24, 2.45) is 0 Å². The first kappa shape index (κ1) is 15.7. The van der Waals surface area contributed by atoms with E-state index in [4.69, 9.17) is 4.74 Å². The van der Waals surface area contributed by atoms with E-state index in [9.17, 15) is 9.59 Å². The first-order valence-corrected chi connectivity index (χ1v) is 7.47. The number of benzene rings is 2. The highest BCUT2D eigenvalue weighted by Crippen LogP contribution is 2.10. The maximum atomic E-state index is 12.4. The van der Waals surface area contributed by atoms with Gasteiger partial charge in [0.05, 0.1) is 5.52 Å². The topological polar surface area (TPSA) is 86.1 Å². The van der Waals surface area contributed by atoms with Crippen LogP contribution in [0.15, 0.2) is 54.6 Å². The van der Waals surface area contributed by atoms with E-state index in [1.807, 2.05) is 36.4 Å². The van der Waals surface area contributed by atoms with E-state index in [1.165, 1.54) is 4.68 Å². The Balaban J connectivity index is 1.60. The molecule has 0 fully saturated rings. The second-order valence-corrected chi connectivity index (χ2v) is 5.26. The lowest BCUT2D eigenvalue weighted by molar-refractivity contribution is 0.0834. The van der Waals surface area contributed by atoms with Crippen LogP contribution in [-0.4, -0.2) is 33.0 Å². The monoisotopic (exact) mass is 324 g/mol. The van der Waals surface area contributed by atoms with Crippen LogP contribution in [0.5, 0.6) is 0 Å². The van der Waals surface area contributed by atoms with Crippen molar-refractivity contribution in [3.63, 3.8) is 0 Å². The third-order valence-corrected chi connectivity index (χ3v) is 3.48. The molecular weight excluding hydrogens is 308 g/mol. The normalized spacial score (nSPS) is 11.9. The SMILES string of the molecule is CC(NC(=O)OCc1ccccc1)C(=O)n1nnc2ccccc21. The number of fused-ring (bicyclic) bond motifs is 1. The predicted octanol–water partition coefficient (Wildman–Crippen LogP) is 2.39. The molecular formula is C17H16N4O3. The van der Waals surface area contributed by atoms with Gasteiger partial charge in [-0.25, -0.2) is 4.79 Å². The predicted molar refractivity (Wildman–Crippen MR) is 87.4 cm³/mol. The molecule has 1 heterocycles. The quantitative estimate of drug-likeness (QED) is 0.796. The minimum Gasteiger partial charge on any atom is -0.445 e. The maximum Gasteiger partial charge on any atom is 0.408 e. The summed E-state index contributed by atoms with van der Waals surface area (Å²) in [5, 5.41) is 10.3. The van der Waals surface area contributed by atoms with Gasteiger partial charge >= 0.3 is 6.09 Å². The molecule has 0 aliphatic rings. The zero-order chi connectivity index (χ0) is 16.9. The summed E-state index contributed by atoms with van der Waals surface area (Å²) >= 11 is 0. The van der Waals surface area contributed by atoms with Gasteiger partial charge in [-0.1, -0.05) is 47.7 Å². The largest absolute Gasteiger partial charge is 0.445 e. The van der Waals surface area contributed by atoms with E-state index in [1.54, 1.807) is 25.1 Å². The second-order valence-electron chi connectivity index (χ2n) is 5.26. The number of carbonyl (C=O) groups excluding carboxylic acids is 2. The molecule has 0 saturated heterocycles. The van der Waals surface area contributed by atoms with Crippen molar-refractivity contribution >= 4 is 23.0 Å². The molecule has 0 spiro atoms. The van der Waals surface area contributed by atoms with Gasteiger partial charge in [0.2, 0.25) is 0 Å². The number of carbonyl (C=O) groups is 2. The fourth-order valence-electron chi connectivity index (χ4n) is 2.22. The van der Waals surface area contributed by atoms with Crippen LogP contribution in [-0.2, 0) is 11.3 Å². The summed E-state index contributed by atoms with van der Waals surface area (Å²) in [6, 6.07) is 15.6.